The van der Waals surface area contributed by atoms with Crippen LogP contribution in [-0.2, 0) is 0 Å². The van der Waals surface area contributed by atoms with Crippen molar-refractivity contribution in [2.24, 2.45) is 0 Å². The van der Waals surface area contributed by atoms with Crippen LogP contribution in [0.15, 0.2) is 30.6 Å². The molecule has 0 fully saturated rings. The normalized spacial score (nSPS) is 10.2. The molecule has 2 aromatic heterocycles. The maximum Gasteiger partial charge on any atom is 0.216 e. The fourth-order valence-electron chi connectivity index (χ4n) is 1.49. The molecule has 5 nitrogen and oxygen atoms in total. The van der Waals surface area contributed by atoms with E-state index in [1.807, 2.05) is 38.1 Å². The van der Waals surface area contributed by atoms with Gasteiger partial charge in [0.25, 0.3) is 0 Å². The van der Waals surface area contributed by atoms with Crippen molar-refractivity contribution >= 4 is 5.82 Å². The van der Waals surface area contributed by atoms with E-state index in [-0.39, 0.29) is 0 Å². The van der Waals surface area contributed by atoms with E-state index >= 15 is 0 Å². The Morgan fingerprint density at radius 3 is 2.61 bits per heavy atom. The first kappa shape index (κ1) is 12.3. The van der Waals surface area contributed by atoms with Crippen molar-refractivity contribution in [2.75, 3.05) is 25.6 Å². The van der Waals surface area contributed by atoms with E-state index in [2.05, 4.69) is 15.0 Å². The Bertz CT molecular complexity index is 511. The van der Waals surface area contributed by atoms with E-state index in [1.54, 1.807) is 18.5 Å². The standard InChI is InChI=1S/C13H16N4O/c1-4-18-12-7-8-14-13(16-12)10-5-6-11(15-9-10)17(2)3/h5-9H,4H2,1-3H3. The summed E-state index contributed by atoms with van der Waals surface area (Å²) in [5.41, 5.74) is 0.877. The second kappa shape index (κ2) is 5.44. The lowest BCUT2D eigenvalue weighted by molar-refractivity contribution is 0.326. The molecule has 0 N–H and O–H groups in total. The largest absolute Gasteiger partial charge is 0.478 e. The lowest BCUT2D eigenvalue weighted by Crippen LogP contribution is -2.10. The molecule has 0 spiro atoms. The first-order valence-electron chi connectivity index (χ1n) is 5.80. The number of anilines is 1. The van der Waals surface area contributed by atoms with Gasteiger partial charge in [-0.15, -0.1) is 0 Å². The van der Waals surface area contributed by atoms with E-state index in [9.17, 15) is 0 Å². The van der Waals surface area contributed by atoms with Gasteiger partial charge in [-0.3, -0.25) is 0 Å². The molecule has 0 aliphatic carbocycles. The van der Waals surface area contributed by atoms with Crippen LogP contribution in [-0.4, -0.2) is 35.7 Å². The molecule has 5 heteroatoms. The summed E-state index contributed by atoms with van der Waals surface area (Å²) >= 11 is 0. The predicted molar refractivity (Wildman–Crippen MR) is 70.8 cm³/mol. The summed E-state index contributed by atoms with van der Waals surface area (Å²) < 4.78 is 5.35. The zero-order valence-corrected chi connectivity index (χ0v) is 10.8. The summed E-state index contributed by atoms with van der Waals surface area (Å²) in [6.07, 6.45) is 3.45. The van der Waals surface area contributed by atoms with Gasteiger partial charge < -0.3 is 9.64 Å². The Labute approximate surface area is 106 Å². The molecule has 0 radical (unpaired) electrons. The third-order valence-electron chi connectivity index (χ3n) is 2.39. The lowest BCUT2D eigenvalue weighted by atomic mass is 10.2. The SMILES string of the molecule is CCOc1ccnc(-c2ccc(N(C)C)nc2)n1. The fraction of sp³-hybridized carbons (Fsp3) is 0.308. The van der Waals surface area contributed by atoms with Gasteiger partial charge in [0, 0.05) is 38.1 Å². The molecule has 2 heterocycles. The van der Waals surface area contributed by atoms with Crippen molar-refractivity contribution in [3.05, 3.63) is 30.6 Å². The molecule has 0 bridgehead atoms. The molecule has 2 rings (SSSR count). The van der Waals surface area contributed by atoms with Crippen molar-refractivity contribution in [1.29, 1.82) is 0 Å². The van der Waals surface area contributed by atoms with Gasteiger partial charge in [-0.2, -0.15) is 4.98 Å². The van der Waals surface area contributed by atoms with Crippen molar-refractivity contribution in [1.82, 2.24) is 15.0 Å². The number of hydrogen-bond donors (Lipinski definition) is 0. The monoisotopic (exact) mass is 244 g/mol. The number of pyridine rings is 1. The van der Waals surface area contributed by atoms with E-state index in [0.29, 0.717) is 18.3 Å². The van der Waals surface area contributed by atoms with Gasteiger partial charge in [-0.25, -0.2) is 9.97 Å². The molecule has 0 amide bonds. The molecule has 0 unspecified atom stereocenters. The molecule has 94 valence electrons. The highest BCUT2D eigenvalue weighted by Crippen LogP contribution is 2.18. The third kappa shape index (κ3) is 2.74. The number of nitrogens with zero attached hydrogens (tertiary/aromatic N) is 4. The summed E-state index contributed by atoms with van der Waals surface area (Å²) in [7, 11) is 3.91. The minimum absolute atomic E-state index is 0.583. The third-order valence-corrected chi connectivity index (χ3v) is 2.39. The Morgan fingerprint density at radius 2 is 2.00 bits per heavy atom. The molecule has 18 heavy (non-hydrogen) atoms. The van der Waals surface area contributed by atoms with Crippen LogP contribution in [0.4, 0.5) is 5.82 Å². The van der Waals surface area contributed by atoms with Gasteiger partial charge in [0.1, 0.15) is 5.82 Å². The smallest absolute Gasteiger partial charge is 0.216 e. The zero-order chi connectivity index (χ0) is 13.0. The summed E-state index contributed by atoms with van der Waals surface area (Å²) in [4.78, 5) is 14.8. The first-order chi connectivity index (χ1) is 8.70. The van der Waals surface area contributed by atoms with Crippen LogP contribution < -0.4 is 9.64 Å². The second-order valence-electron chi connectivity index (χ2n) is 3.95. The molecule has 0 saturated carbocycles. The number of ether oxygens (including phenoxy) is 1. The topological polar surface area (TPSA) is 51.1 Å². The van der Waals surface area contributed by atoms with Crippen LogP contribution in [0.25, 0.3) is 11.4 Å². The molecule has 0 saturated heterocycles. The Hall–Kier alpha value is -2.17. The summed E-state index contributed by atoms with van der Waals surface area (Å²) in [5.74, 6) is 2.11. The van der Waals surface area contributed by atoms with Gasteiger partial charge >= 0.3 is 0 Å². The van der Waals surface area contributed by atoms with Crippen LogP contribution in [0.1, 0.15) is 6.92 Å². The fourth-order valence-corrected chi connectivity index (χ4v) is 1.49. The van der Waals surface area contributed by atoms with E-state index < -0.39 is 0 Å². The Morgan fingerprint density at radius 1 is 1.17 bits per heavy atom. The number of hydrogen-bond acceptors (Lipinski definition) is 5. The van der Waals surface area contributed by atoms with Crippen LogP contribution in [0, 0.1) is 0 Å². The highest BCUT2D eigenvalue weighted by Gasteiger charge is 2.04. The molecule has 2 aromatic rings. The maximum absolute atomic E-state index is 5.35. The van der Waals surface area contributed by atoms with Crippen LogP contribution in [0.5, 0.6) is 5.88 Å². The average molecular weight is 244 g/mol. The molecular weight excluding hydrogens is 228 g/mol. The highest BCUT2D eigenvalue weighted by atomic mass is 16.5. The first-order valence-corrected chi connectivity index (χ1v) is 5.80. The summed E-state index contributed by atoms with van der Waals surface area (Å²) in [5, 5.41) is 0. The van der Waals surface area contributed by atoms with Gasteiger partial charge in [0.05, 0.1) is 6.61 Å². The second-order valence-corrected chi connectivity index (χ2v) is 3.95. The molecule has 0 atom stereocenters. The number of rotatable bonds is 4. The maximum atomic E-state index is 5.35. The quantitative estimate of drug-likeness (QED) is 0.823. The van der Waals surface area contributed by atoms with Gasteiger partial charge in [0.2, 0.25) is 5.88 Å². The predicted octanol–water partition coefficient (Wildman–Crippen LogP) is 2.00. The van der Waals surface area contributed by atoms with Crippen LogP contribution in [0.2, 0.25) is 0 Å². The Kier molecular flexibility index (Phi) is 3.72. The molecule has 0 aliphatic rings. The molecule has 0 aromatic carbocycles. The van der Waals surface area contributed by atoms with Crippen LogP contribution >= 0.6 is 0 Å². The minimum atomic E-state index is 0.583. The average Bonchev–Trinajstić information content (AvgIpc) is 2.39. The Balaban J connectivity index is 2.27. The summed E-state index contributed by atoms with van der Waals surface area (Å²) in [6.45, 7) is 2.52. The van der Waals surface area contributed by atoms with Crippen molar-refractivity contribution in [3.63, 3.8) is 0 Å². The lowest BCUT2D eigenvalue weighted by Gasteiger charge is -2.11. The highest BCUT2D eigenvalue weighted by molar-refractivity contribution is 5.56. The van der Waals surface area contributed by atoms with Crippen molar-refractivity contribution < 1.29 is 4.74 Å². The van der Waals surface area contributed by atoms with Gasteiger partial charge in [-0.05, 0) is 19.1 Å². The van der Waals surface area contributed by atoms with Crippen LogP contribution in [0.3, 0.4) is 0 Å². The van der Waals surface area contributed by atoms with E-state index in [0.717, 1.165) is 11.4 Å². The van der Waals surface area contributed by atoms with E-state index in [1.165, 1.54) is 0 Å². The molecular formula is C13H16N4O. The van der Waals surface area contributed by atoms with E-state index in [4.69, 9.17) is 4.74 Å². The minimum Gasteiger partial charge on any atom is -0.478 e. The van der Waals surface area contributed by atoms with Gasteiger partial charge in [0.15, 0.2) is 5.82 Å². The molecule has 0 aliphatic heterocycles. The van der Waals surface area contributed by atoms with Crippen molar-refractivity contribution in [2.45, 2.75) is 6.92 Å². The van der Waals surface area contributed by atoms with Crippen molar-refractivity contribution in [3.8, 4) is 17.3 Å². The number of aromatic nitrogens is 3. The zero-order valence-electron chi connectivity index (χ0n) is 10.8. The summed E-state index contributed by atoms with van der Waals surface area (Å²) in [6, 6.07) is 5.63. The van der Waals surface area contributed by atoms with Gasteiger partial charge in [-0.1, -0.05) is 0 Å².